The molecule has 1 rings (SSSR count). The van der Waals surface area contributed by atoms with Gasteiger partial charge in [-0.2, -0.15) is 0 Å². The average molecular weight is 269 g/mol. The molecule has 4 heteroatoms. The summed E-state index contributed by atoms with van der Waals surface area (Å²) < 4.78 is 16.9. The van der Waals surface area contributed by atoms with Crippen LogP contribution in [-0.4, -0.2) is 28.9 Å². The quantitative estimate of drug-likeness (QED) is 0.826. The van der Waals surface area contributed by atoms with E-state index in [9.17, 15) is 4.21 Å². The van der Waals surface area contributed by atoms with Gasteiger partial charge >= 0.3 is 0 Å². The first-order valence-corrected chi connectivity index (χ1v) is 7.95. The maximum absolute atomic E-state index is 11.3. The van der Waals surface area contributed by atoms with Crippen molar-refractivity contribution >= 4 is 10.8 Å². The fourth-order valence-electron chi connectivity index (χ4n) is 1.70. The maximum Gasteiger partial charge on any atom is 0.124 e. The van der Waals surface area contributed by atoms with Gasteiger partial charge in [0.25, 0.3) is 0 Å². The summed E-state index contributed by atoms with van der Waals surface area (Å²) in [6.07, 6.45) is 1.74. The molecule has 3 unspecified atom stereocenters. The summed E-state index contributed by atoms with van der Waals surface area (Å²) >= 11 is 0. The summed E-state index contributed by atoms with van der Waals surface area (Å²) in [7, 11) is -0.786. The fraction of sp³-hybridized carbons (Fsp3) is 0.571. The van der Waals surface area contributed by atoms with Gasteiger partial charge in [-0.15, -0.1) is 0 Å². The molecule has 0 spiro atoms. The first-order valence-electron chi connectivity index (χ1n) is 6.33. The van der Waals surface area contributed by atoms with Crippen molar-refractivity contribution in [3.8, 4) is 5.75 Å². The van der Waals surface area contributed by atoms with Crippen LogP contribution in [0, 0.1) is 0 Å². The standard InChI is InChI=1S/C14H23NO2S/c1-5-17-14-9-7-6-8-13(14)12(3)15-10-11(2)18(4)16/h6-9,11-12,15H,5,10H2,1-4H3. The highest BCUT2D eigenvalue weighted by atomic mass is 32.2. The molecule has 0 fully saturated rings. The zero-order valence-corrected chi connectivity index (χ0v) is 12.4. The number of para-hydroxylation sites is 1. The van der Waals surface area contributed by atoms with Crippen LogP contribution >= 0.6 is 0 Å². The molecule has 3 nitrogen and oxygen atoms in total. The summed E-state index contributed by atoms with van der Waals surface area (Å²) in [4.78, 5) is 0. The number of rotatable bonds is 7. The van der Waals surface area contributed by atoms with E-state index < -0.39 is 10.8 Å². The second-order valence-corrected chi connectivity index (χ2v) is 6.21. The number of benzene rings is 1. The molecule has 0 aliphatic heterocycles. The molecular weight excluding hydrogens is 246 g/mol. The average Bonchev–Trinajstić information content (AvgIpc) is 2.36. The molecule has 0 aliphatic rings. The molecule has 0 aromatic heterocycles. The third-order valence-corrected chi connectivity index (χ3v) is 4.26. The van der Waals surface area contributed by atoms with E-state index >= 15 is 0 Å². The van der Waals surface area contributed by atoms with Crippen molar-refractivity contribution < 1.29 is 8.95 Å². The molecule has 1 aromatic rings. The molecule has 0 radical (unpaired) electrons. The minimum atomic E-state index is -0.786. The van der Waals surface area contributed by atoms with Crippen molar-refractivity contribution in [2.75, 3.05) is 19.4 Å². The number of nitrogens with one attached hydrogen (secondary N) is 1. The lowest BCUT2D eigenvalue weighted by Crippen LogP contribution is -2.29. The molecule has 0 heterocycles. The molecule has 0 saturated carbocycles. The molecule has 3 atom stereocenters. The Bertz CT molecular complexity index is 395. The predicted octanol–water partition coefficient (Wildman–Crippen LogP) is 2.50. The Morgan fingerprint density at radius 3 is 2.61 bits per heavy atom. The van der Waals surface area contributed by atoms with Gasteiger partial charge in [0.15, 0.2) is 0 Å². The Morgan fingerprint density at radius 1 is 1.33 bits per heavy atom. The molecule has 102 valence electrons. The number of hydrogen-bond acceptors (Lipinski definition) is 3. The normalized spacial score (nSPS) is 16.0. The van der Waals surface area contributed by atoms with Crippen LogP contribution < -0.4 is 10.1 Å². The topological polar surface area (TPSA) is 38.3 Å². The van der Waals surface area contributed by atoms with Gasteiger partial charge in [0, 0.05) is 40.5 Å². The molecule has 0 saturated heterocycles. The van der Waals surface area contributed by atoms with Crippen LogP contribution in [0.1, 0.15) is 32.4 Å². The Labute approximate surface area is 112 Å². The van der Waals surface area contributed by atoms with E-state index in [1.165, 1.54) is 0 Å². The van der Waals surface area contributed by atoms with E-state index in [1.807, 2.05) is 32.0 Å². The van der Waals surface area contributed by atoms with E-state index in [4.69, 9.17) is 4.74 Å². The molecule has 1 aromatic carbocycles. The van der Waals surface area contributed by atoms with Gasteiger partial charge in [-0.05, 0) is 26.8 Å². The first kappa shape index (κ1) is 15.2. The lowest BCUT2D eigenvalue weighted by atomic mass is 10.1. The number of ether oxygens (including phenoxy) is 1. The lowest BCUT2D eigenvalue weighted by molar-refractivity contribution is 0.332. The van der Waals surface area contributed by atoms with Crippen molar-refractivity contribution in [1.82, 2.24) is 5.32 Å². The summed E-state index contributed by atoms with van der Waals surface area (Å²) in [5, 5.41) is 3.56. The second-order valence-electron chi connectivity index (χ2n) is 4.41. The third kappa shape index (κ3) is 4.42. The molecule has 1 N–H and O–H groups in total. The van der Waals surface area contributed by atoms with Crippen LogP contribution in [0.15, 0.2) is 24.3 Å². The minimum Gasteiger partial charge on any atom is -0.494 e. The summed E-state index contributed by atoms with van der Waals surface area (Å²) in [6.45, 7) is 7.48. The van der Waals surface area contributed by atoms with E-state index in [0.717, 1.165) is 17.9 Å². The van der Waals surface area contributed by atoms with Crippen LogP contribution in [0.3, 0.4) is 0 Å². The van der Waals surface area contributed by atoms with Crippen LogP contribution in [0.4, 0.5) is 0 Å². The van der Waals surface area contributed by atoms with Crippen molar-refractivity contribution in [3.05, 3.63) is 29.8 Å². The van der Waals surface area contributed by atoms with Crippen molar-refractivity contribution in [3.63, 3.8) is 0 Å². The van der Waals surface area contributed by atoms with E-state index in [1.54, 1.807) is 6.26 Å². The molecule has 0 bridgehead atoms. The molecule has 0 amide bonds. The zero-order valence-electron chi connectivity index (χ0n) is 11.6. The second kappa shape index (κ2) is 7.54. The zero-order chi connectivity index (χ0) is 13.5. The van der Waals surface area contributed by atoms with E-state index in [-0.39, 0.29) is 11.3 Å². The number of hydrogen-bond donors (Lipinski definition) is 1. The van der Waals surface area contributed by atoms with Gasteiger partial charge in [-0.25, -0.2) is 0 Å². The van der Waals surface area contributed by atoms with Crippen LogP contribution in [0.25, 0.3) is 0 Å². The van der Waals surface area contributed by atoms with Crippen LogP contribution in [0.5, 0.6) is 5.75 Å². The molecule has 18 heavy (non-hydrogen) atoms. The van der Waals surface area contributed by atoms with Gasteiger partial charge in [-0.1, -0.05) is 18.2 Å². The molecular formula is C14H23NO2S. The third-order valence-electron chi connectivity index (χ3n) is 2.96. The van der Waals surface area contributed by atoms with Gasteiger partial charge < -0.3 is 10.1 Å². The summed E-state index contributed by atoms with van der Waals surface area (Å²) in [5.41, 5.74) is 1.15. The molecule has 0 aliphatic carbocycles. The first-order chi connectivity index (χ1) is 8.56. The predicted molar refractivity (Wildman–Crippen MR) is 77.6 cm³/mol. The van der Waals surface area contributed by atoms with E-state index in [0.29, 0.717) is 6.61 Å². The van der Waals surface area contributed by atoms with Crippen molar-refractivity contribution in [1.29, 1.82) is 0 Å². The van der Waals surface area contributed by atoms with Gasteiger partial charge in [0.1, 0.15) is 5.75 Å². The van der Waals surface area contributed by atoms with E-state index in [2.05, 4.69) is 18.3 Å². The highest BCUT2D eigenvalue weighted by Crippen LogP contribution is 2.24. The Morgan fingerprint density at radius 2 is 2.00 bits per heavy atom. The van der Waals surface area contributed by atoms with Gasteiger partial charge in [0.2, 0.25) is 0 Å². The Hall–Kier alpha value is -0.870. The summed E-state index contributed by atoms with van der Waals surface area (Å²) in [5.74, 6) is 0.922. The smallest absolute Gasteiger partial charge is 0.124 e. The Balaban J connectivity index is 2.66. The largest absolute Gasteiger partial charge is 0.494 e. The van der Waals surface area contributed by atoms with Crippen LogP contribution in [-0.2, 0) is 10.8 Å². The monoisotopic (exact) mass is 269 g/mol. The van der Waals surface area contributed by atoms with Gasteiger partial charge in [-0.3, -0.25) is 4.21 Å². The minimum absolute atomic E-state index is 0.159. The van der Waals surface area contributed by atoms with Gasteiger partial charge in [0.05, 0.1) is 6.61 Å². The van der Waals surface area contributed by atoms with Crippen molar-refractivity contribution in [2.24, 2.45) is 0 Å². The lowest BCUT2D eigenvalue weighted by Gasteiger charge is -2.19. The van der Waals surface area contributed by atoms with Crippen molar-refractivity contribution in [2.45, 2.75) is 32.1 Å². The summed E-state index contributed by atoms with van der Waals surface area (Å²) in [6, 6.07) is 8.23. The van der Waals surface area contributed by atoms with Crippen LogP contribution in [0.2, 0.25) is 0 Å². The SMILES string of the molecule is CCOc1ccccc1C(C)NCC(C)S(C)=O. The Kier molecular flexibility index (Phi) is 6.36. The maximum atomic E-state index is 11.3. The fourth-order valence-corrected chi connectivity index (χ4v) is 2.03. The highest BCUT2D eigenvalue weighted by Gasteiger charge is 2.13. The highest BCUT2D eigenvalue weighted by molar-refractivity contribution is 7.84.